The third-order valence-electron chi connectivity index (χ3n) is 3.70. The Morgan fingerprint density at radius 2 is 2.05 bits per heavy atom. The molecule has 21 heavy (non-hydrogen) atoms. The zero-order valence-corrected chi connectivity index (χ0v) is 12.5. The number of carbonyl (C=O) groups excluding carboxylic acids is 2. The number of carbonyl (C=O) groups is 2. The standard InChI is InChI=1S/C16H23N3O2/c1-2-9-17-16(21)18-15(20)12-19-10-8-14(11-19)13-6-4-3-5-7-13/h3-7,14H,2,8-12H2,1H3,(H2,17,18,20,21). The summed E-state index contributed by atoms with van der Waals surface area (Å²) in [5.41, 5.74) is 1.32. The third kappa shape index (κ3) is 4.86. The summed E-state index contributed by atoms with van der Waals surface area (Å²) in [5.74, 6) is 0.241. The van der Waals surface area contributed by atoms with Crippen LogP contribution in [0.1, 0.15) is 31.2 Å². The van der Waals surface area contributed by atoms with E-state index in [1.807, 2.05) is 25.1 Å². The van der Waals surface area contributed by atoms with Crippen molar-refractivity contribution in [2.75, 3.05) is 26.2 Å². The average molecular weight is 289 g/mol. The van der Waals surface area contributed by atoms with Gasteiger partial charge in [-0.05, 0) is 30.9 Å². The largest absolute Gasteiger partial charge is 0.338 e. The first kappa shape index (κ1) is 15.5. The second-order valence-corrected chi connectivity index (χ2v) is 5.44. The number of urea groups is 1. The summed E-state index contributed by atoms with van der Waals surface area (Å²) in [4.78, 5) is 25.3. The Morgan fingerprint density at radius 3 is 2.76 bits per heavy atom. The van der Waals surface area contributed by atoms with E-state index in [2.05, 4.69) is 27.7 Å². The summed E-state index contributed by atoms with van der Waals surface area (Å²) >= 11 is 0. The minimum Gasteiger partial charge on any atom is -0.338 e. The Morgan fingerprint density at radius 1 is 1.29 bits per heavy atom. The Balaban J connectivity index is 1.75. The van der Waals surface area contributed by atoms with E-state index in [9.17, 15) is 9.59 Å². The number of amides is 3. The molecule has 2 N–H and O–H groups in total. The molecule has 1 fully saturated rings. The van der Waals surface area contributed by atoms with Gasteiger partial charge in [0, 0.05) is 13.1 Å². The van der Waals surface area contributed by atoms with Crippen LogP contribution < -0.4 is 10.6 Å². The highest BCUT2D eigenvalue weighted by Crippen LogP contribution is 2.26. The molecule has 0 bridgehead atoms. The lowest BCUT2D eigenvalue weighted by atomic mass is 9.99. The molecule has 5 nitrogen and oxygen atoms in total. The smallest absolute Gasteiger partial charge is 0.321 e. The zero-order valence-electron chi connectivity index (χ0n) is 12.5. The van der Waals surface area contributed by atoms with Crippen molar-refractivity contribution >= 4 is 11.9 Å². The monoisotopic (exact) mass is 289 g/mol. The molecule has 0 aliphatic carbocycles. The van der Waals surface area contributed by atoms with Gasteiger partial charge in [-0.25, -0.2) is 4.79 Å². The molecule has 1 saturated heterocycles. The van der Waals surface area contributed by atoms with E-state index in [0.717, 1.165) is 25.9 Å². The van der Waals surface area contributed by atoms with E-state index in [4.69, 9.17) is 0 Å². The molecule has 0 radical (unpaired) electrons. The number of hydrogen-bond acceptors (Lipinski definition) is 3. The summed E-state index contributed by atoms with van der Waals surface area (Å²) in [6.07, 6.45) is 1.91. The molecule has 3 amide bonds. The van der Waals surface area contributed by atoms with E-state index in [1.54, 1.807) is 0 Å². The van der Waals surface area contributed by atoms with Gasteiger partial charge in [0.25, 0.3) is 0 Å². The molecule has 1 heterocycles. The highest BCUT2D eigenvalue weighted by molar-refractivity contribution is 5.95. The first-order chi connectivity index (χ1) is 10.2. The van der Waals surface area contributed by atoms with Crippen LogP contribution in [0, 0.1) is 0 Å². The molecule has 1 aromatic carbocycles. The maximum atomic E-state index is 11.8. The van der Waals surface area contributed by atoms with Gasteiger partial charge in [0.2, 0.25) is 5.91 Å². The second kappa shape index (κ2) is 7.78. The van der Waals surface area contributed by atoms with E-state index >= 15 is 0 Å². The van der Waals surface area contributed by atoms with Gasteiger partial charge in [0.15, 0.2) is 0 Å². The average Bonchev–Trinajstić information content (AvgIpc) is 2.94. The highest BCUT2D eigenvalue weighted by atomic mass is 16.2. The number of nitrogens with one attached hydrogen (secondary N) is 2. The number of likely N-dealkylation sites (tertiary alicyclic amines) is 1. The Labute approximate surface area is 125 Å². The zero-order chi connectivity index (χ0) is 15.1. The summed E-state index contributed by atoms with van der Waals surface area (Å²) in [6, 6.07) is 9.96. The fraction of sp³-hybridized carbons (Fsp3) is 0.500. The van der Waals surface area contributed by atoms with Crippen LogP contribution in [0.5, 0.6) is 0 Å². The lowest BCUT2D eigenvalue weighted by Crippen LogP contribution is -2.44. The van der Waals surface area contributed by atoms with Crippen LogP contribution in [0.15, 0.2) is 30.3 Å². The fourth-order valence-electron chi connectivity index (χ4n) is 2.63. The lowest BCUT2D eigenvalue weighted by Gasteiger charge is -2.15. The molecule has 0 spiro atoms. The van der Waals surface area contributed by atoms with Gasteiger partial charge in [0.05, 0.1) is 6.54 Å². The van der Waals surface area contributed by atoms with E-state index in [-0.39, 0.29) is 12.5 Å². The third-order valence-corrected chi connectivity index (χ3v) is 3.70. The van der Waals surface area contributed by atoms with Crippen molar-refractivity contribution in [3.8, 4) is 0 Å². The van der Waals surface area contributed by atoms with Crippen molar-refractivity contribution in [3.05, 3.63) is 35.9 Å². The van der Waals surface area contributed by atoms with Crippen LogP contribution in [-0.2, 0) is 4.79 Å². The van der Waals surface area contributed by atoms with Gasteiger partial charge in [-0.3, -0.25) is 15.0 Å². The maximum Gasteiger partial charge on any atom is 0.321 e. The van der Waals surface area contributed by atoms with Crippen molar-refractivity contribution in [3.63, 3.8) is 0 Å². The van der Waals surface area contributed by atoms with Gasteiger partial charge in [-0.1, -0.05) is 37.3 Å². The molecule has 1 aliphatic rings. The number of benzene rings is 1. The van der Waals surface area contributed by atoms with Gasteiger partial charge in [0.1, 0.15) is 0 Å². The maximum absolute atomic E-state index is 11.8. The van der Waals surface area contributed by atoms with Crippen LogP contribution >= 0.6 is 0 Å². The Bertz CT molecular complexity index is 476. The molecule has 5 heteroatoms. The lowest BCUT2D eigenvalue weighted by molar-refractivity contribution is -0.120. The van der Waals surface area contributed by atoms with Gasteiger partial charge in [-0.2, -0.15) is 0 Å². The van der Waals surface area contributed by atoms with Gasteiger partial charge < -0.3 is 5.32 Å². The molecule has 0 aromatic heterocycles. The second-order valence-electron chi connectivity index (χ2n) is 5.44. The van der Waals surface area contributed by atoms with Crippen LogP contribution in [-0.4, -0.2) is 43.0 Å². The molecule has 2 rings (SSSR count). The van der Waals surface area contributed by atoms with E-state index in [1.165, 1.54) is 5.56 Å². The summed E-state index contributed by atoms with van der Waals surface area (Å²) < 4.78 is 0. The molecule has 114 valence electrons. The molecule has 1 atom stereocenters. The van der Waals surface area contributed by atoms with E-state index in [0.29, 0.717) is 12.5 Å². The van der Waals surface area contributed by atoms with Gasteiger partial charge >= 0.3 is 6.03 Å². The van der Waals surface area contributed by atoms with Crippen molar-refractivity contribution in [1.82, 2.24) is 15.5 Å². The van der Waals surface area contributed by atoms with Crippen molar-refractivity contribution in [1.29, 1.82) is 0 Å². The fourth-order valence-corrected chi connectivity index (χ4v) is 2.63. The highest BCUT2D eigenvalue weighted by Gasteiger charge is 2.25. The predicted octanol–water partition coefficient (Wildman–Crippen LogP) is 1.71. The SMILES string of the molecule is CCCNC(=O)NC(=O)CN1CCC(c2ccccc2)C1. The van der Waals surface area contributed by atoms with Crippen LogP contribution in [0.2, 0.25) is 0 Å². The number of rotatable bonds is 5. The predicted molar refractivity (Wildman–Crippen MR) is 82.1 cm³/mol. The minimum absolute atomic E-state index is 0.239. The quantitative estimate of drug-likeness (QED) is 0.867. The summed E-state index contributed by atoms with van der Waals surface area (Å²) in [7, 11) is 0. The summed E-state index contributed by atoms with van der Waals surface area (Å²) in [5, 5.41) is 5.00. The number of imide groups is 1. The Kier molecular flexibility index (Phi) is 5.75. The van der Waals surface area contributed by atoms with Crippen molar-refractivity contribution in [2.45, 2.75) is 25.7 Å². The number of hydrogen-bond donors (Lipinski definition) is 2. The molecule has 1 aromatic rings. The van der Waals surface area contributed by atoms with Crippen LogP contribution in [0.4, 0.5) is 4.79 Å². The first-order valence-electron chi connectivity index (χ1n) is 7.54. The topological polar surface area (TPSA) is 61.4 Å². The minimum atomic E-state index is -0.402. The Hall–Kier alpha value is -1.88. The van der Waals surface area contributed by atoms with Crippen LogP contribution in [0.25, 0.3) is 0 Å². The molecular weight excluding hydrogens is 266 g/mol. The molecular formula is C16H23N3O2. The van der Waals surface area contributed by atoms with E-state index < -0.39 is 6.03 Å². The summed E-state index contributed by atoms with van der Waals surface area (Å²) in [6.45, 7) is 4.59. The van der Waals surface area contributed by atoms with Crippen molar-refractivity contribution in [2.24, 2.45) is 0 Å². The van der Waals surface area contributed by atoms with Crippen LogP contribution in [0.3, 0.4) is 0 Å². The molecule has 0 saturated carbocycles. The molecule has 1 unspecified atom stereocenters. The number of nitrogens with zero attached hydrogens (tertiary/aromatic N) is 1. The normalized spacial score (nSPS) is 18.4. The molecule has 1 aliphatic heterocycles. The van der Waals surface area contributed by atoms with Gasteiger partial charge in [-0.15, -0.1) is 0 Å². The van der Waals surface area contributed by atoms with Crippen molar-refractivity contribution < 1.29 is 9.59 Å². The first-order valence-corrected chi connectivity index (χ1v) is 7.54.